The molecule has 0 spiro atoms. The second kappa shape index (κ2) is 7.83. The van der Waals surface area contributed by atoms with Gasteiger partial charge >= 0.3 is 0 Å². The summed E-state index contributed by atoms with van der Waals surface area (Å²) in [7, 11) is 0. The number of thioether (sulfide) groups is 1. The van der Waals surface area contributed by atoms with E-state index in [9.17, 15) is 4.79 Å². The Bertz CT molecular complexity index is 1220. The smallest absolute Gasteiger partial charge is 0.253 e. The molecule has 2 aromatic carbocycles. The zero-order chi connectivity index (χ0) is 20.5. The van der Waals surface area contributed by atoms with E-state index in [4.69, 9.17) is 0 Å². The highest BCUT2D eigenvalue weighted by atomic mass is 32.2. The highest BCUT2D eigenvalue weighted by Gasteiger charge is 2.20. The van der Waals surface area contributed by atoms with Crippen LogP contribution in [0, 0.1) is 13.8 Å². The Morgan fingerprint density at radius 3 is 2.59 bits per heavy atom. The minimum absolute atomic E-state index is 0.0420. The maximum Gasteiger partial charge on any atom is 0.253 e. The average molecular weight is 406 g/mol. The van der Waals surface area contributed by atoms with E-state index in [-0.39, 0.29) is 12.3 Å². The van der Waals surface area contributed by atoms with Crippen molar-refractivity contribution in [2.24, 2.45) is 0 Å². The number of aryl methyl sites for hydroxylation is 2. The van der Waals surface area contributed by atoms with Crippen LogP contribution in [0.1, 0.15) is 23.9 Å². The average Bonchev–Trinajstić information content (AvgIpc) is 3.15. The normalized spacial score (nSPS) is 11.3. The number of hydrogen-bond acceptors (Lipinski definition) is 5. The van der Waals surface area contributed by atoms with Gasteiger partial charge in [-0.1, -0.05) is 42.1 Å². The molecule has 0 aliphatic carbocycles. The van der Waals surface area contributed by atoms with Crippen molar-refractivity contribution in [3.63, 3.8) is 0 Å². The summed E-state index contributed by atoms with van der Waals surface area (Å²) in [6, 6.07) is 14.3. The molecule has 0 fully saturated rings. The summed E-state index contributed by atoms with van der Waals surface area (Å²) >= 11 is 1.48. The number of anilines is 1. The maximum atomic E-state index is 13.2. The number of rotatable bonds is 5. The van der Waals surface area contributed by atoms with Gasteiger partial charge in [0.1, 0.15) is 0 Å². The van der Waals surface area contributed by atoms with Crippen LogP contribution in [-0.2, 0) is 11.2 Å². The van der Waals surface area contributed by atoms with Crippen LogP contribution in [0.3, 0.4) is 0 Å². The molecule has 4 aromatic rings. The fraction of sp³-hybridized carbons (Fsp3) is 0.273. The van der Waals surface area contributed by atoms with Gasteiger partial charge in [-0.05, 0) is 49.9 Å². The van der Waals surface area contributed by atoms with Gasteiger partial charge < -0.3 is 4.90 Å². The monoisotopic (exact) mass is 405 g/mol. The van der Waals surface area contributed by atoms with E-state index < -0.39 is 0 Å². The summed E-state index contributed by atoms with van der Waals surface area (Å²) in [6.45, 7) is 6.49. The fourth-order valence-electron chi connectivity index (χ4n) is 3.63. The second-order valence-electron chi connectivity index (χ2n) is 6.92. The first-order valence-electron chi connectivity index (χ1n) is 9.57. The van der Waals surface area contributed by atoms with Gasteiger partial charge in [-0.2, -0.15) is 4.98 Å². The first kappa shape index (κ1) is 19.4. The minimum atomic E-state index is 0.0420. The Balaban J connectivity index is 1.68. The summed E-state index contributed by atoms with van der Waals surface area (Å²) in [5, 5.41) is 7.44. The zero-order valence-electron chi connectivity index (χ0n) is 17.0. The van der Waals surface area contributed by atoms with Crippen LogP contribution in [0.25, 0.3) is 16.6 Å². The molecular formula is C22H23N5OS. The summed E-state index contributed by atoms with van der Waals surface area (Å²) in [5.74, 6) is 0.614. The number of carbonyl (C=O) groups excluding carboxylic acids is 1. The van der Waals surface area contributed by atoms with E-state index in [0.29, 0.717) is 17.5 Å². The predicted octanol–water partition coefficient (Wildman–Crippen LogP) is 4.21. The van der Waals surface area contributed by atoms with Crippen molar-refractivity contribution < 1.29 is 4.79 Å². The largest absolute Gasteiger partial charge is 0.312 e. The van der Waals surface area contributed by atoms with Crippen molar-refractivity contribution in [3.8, 4) is 0 Å². The molecule has 0 unspecified atom stereocenters. The predicted molar refractivity (Wildman–Crippen MR) is 118 cm³/mol. The van der Waals surface area contributed by atoms with Gasteiger partial charge in [0, 0.05) is 29.2 Å². The molecule has 2 heterocycles. The third kappa shape index (κ3) is 3.58. The van der Waals surface area contributed by atoms with Gasteiger partial charge in [0.05, 0.1) is 6.42 Å². The van der Waals surface area contributed by atoms with Crippen LogP contribution in [-0.4, -0.2) is 38.3 Å². The molecule has 0 aliphatic rings. The highest BCUT2D eigenvalue weighted by molar-refractivity contribution is 7.98. The number of carbonyl (C=O) groups is 1. The lowest BCUT2D eigenvalue weighted by Crippen LogP contribution is -2.32. The van der Waals surface area contributed by atoms with Crippen LogP contribution in [0.2, 0.25) is 0 Å². The fourth-order valence-corrected chi connectivity index (χ4v) is 3.96. The third-order valence-corrected chi connectivity index (χ3v) is 5.74. The molecule has 0 radical (unpaired) electrons. The van der Waals surface area contributed by atoms with E-state index in [1.165, 1.54) is 11.8 Å². The summed E-state index contributed by atoms with van der Waals surface area (Å²) in [4.78, 5) is 24.0. The van der Waals surface area contributed by atoms with Gasteiger partial charge in [-0.15, -0.1) is 5.10 Å². The molecule has 1 amide bonds. The lowest BCUT2D eigenvalue weighted by molar-refractivity contribution is -0.118. The lowest BCUT2D eigenvalue weighted by Gasteiger charge is -2.22. The molecule has 0 bridgehead atoms. The van der Waals surface area contributed by atoms with E-state index in [0.717, 1.165) is 33.4 Å². The standard InChI is InChI=1S/C22H23N5OS/c1-5-26(18-11-10-16-8-6-7-9-17(16)12-18)20(28)13-19-14(2)23-21-24-22(29-4)25-27(21)15(19)3/h6-12H,5,13H2,1-4H3. The molecule has 0 saturated heterocycles. The number of aromatic nitrogens is 4. The maximum absolute atomic E-state index is 13.2. The summed E-state index contributed by atoms with van der Waals surface area (Å²) in [6.07, 6.45) is 2.21. The third-order valence-electron chi connectivity index (χ3n) is 5.20. The molecule has 0 saturated carbocycles. The molecule has 0 atom stereocenters. The SMILES string of the molecule is CCN(C(=O)Cc1c(C)nc2nc(SC)nn2c1C)c1ccc2ccccc2c1. The molecule has 29 heavy (non-hydrogen) atoms. The quantitative estimate of drug-likeness (QED) is 0.465. The van der Waals surface area contributed by atoms with Crippen LogP contribution < -0.4 is 4.90 Å². The van der Waals surface area contributed by atoms with Crippen molar-refractivity contribution in [1.82, 2.24) is 19.6 Å². The number of nitrogens with zero attached hydrogens (tertiary/aromatic N) is 5. The molecular weight excluding hydrogens is 382 g/mol. The van der Waals surface area contributed by atoms with Gasteiger partial charge in [-0.3, -0.25) is 4.79 Å². The van der Waals surface area contributed by atoms with Gasteiger partial charge in [0.2, 0.25) is 11.1 Å². The number of benzene rings is 2. The topological polar surface area (TPSA) is 63.4 Å². The molecule has 0 aliphatic heterocycles. The van der Waals surface area contributed by atoms with Crippen LogP contribution in [0.15, 0.2) is 47.6 Å². The minimum Gasteiger partial charge on any atom is -0.312 e. The van der Waals surface area contributed by atoms with Crippen LogP contribution in [0.4, 0.5) is 5.69 Å². The first-order valence-corrected chi connectivity index (χ1v) is 10.8. The van der Waals surface area contributed by atoms with Crippen molar-refractivity contribution in [2.75, 3.05) is 17.7 Å². The van der Waals surface area contributed by atoms with Crippen LogP contribution in [0.5, 0.6) is 0 Å². The van der Waals surface area contributed by atoms with Gasteiger partial charge in [0.25, 0.3) is 5.78 Å². The van der Waals surface area contributed by atoms with E-state index in [1.54, 1.807) is 4.52 Å². The lowest BCUT2D eigenvalue weighted by atomic mass is 10.1. The highest BCUT2D eigenvalue weighted by Crippen LogP contribution is 2.24. The van der Waals surface area contributed by atoms with Gasteiger partial charge in [0.15, 0.2) is 0 Å². The van der Waals surface area contributed by atoms with Crippen LogP contribution >= 0.6 is 11.8 Å². The molecule has 7 heteroatoms. The molecule has 6 nitrogen and oxygen atoms in total. The van der Waals surface area contributed by atoms with Crippen molar-refractivity contribution in [3.05, 3.63) is 59.4 Å². The molecule has 0 N–H and O–H groups in total. The first-order chi connectivity index (χ1) is 14.0. The van der Waals surface area contributed by atoms with Crippen molar-refractivity contribution >= 4 is 39.9 Å². The zero-order valence-corrected chi connectivity index (χ0v) is 17.8. The number of likely N-dealkylation sites (N-methyl/N-ethyl adjacent to an activating group) is 1. The number of fused-ring (bicyclic) bond motifs is 2. The van der Waals surface area contributed by atoms with Crippen molar-refractivity contribution in [1.29, 1.82) is 0 Å². The Hall–Kier alpha value is -2.93. The van der Waals surface area contributed by atoms with E-state index in [2.05, 4.69) is 39.3 Å². The molecule has 148 valence electrons. The molecule has 4 rings (SSSR count). The second-order valence-corrected chi connectivity index (χ2v) is 7.69. The number of amides is 1. The Labute approximate surface area is 174 Å². The van der Waals surface area contributed by atoms with E-state index in [1.807, 2.05) is 50.1 Å². The summed E-state index contributed by atoms with van der Waals surface area (Å²) in [5.41, 5.74) is 3.53. The Morgan fingerprint density at radius 2 is 1.86 bits per heavy atom. The summed E-state index contributed by atoms with van der Waals surface area (Å²) < 4.78 is 1.73. The molecule has 2 aromatic heterocycles. The van der Waals surface area contributed by atoms with Crippen molar-refractivity contribution in [2.45, 2.75) is 32.3 Å². The van der Waals surface area contributed by atoms with Gasteiger partial charge in [-0.25, -0.2) is 9.50 Å². The Kier molecular flexibility index (Phi) is 5.24. The van der Waals surface area contributed by atoms with E-state index >= 15 is 0 Å². The number of hydrogen-bond donors (Lipinski definition) is 0. The Morgan fingerprint density at radius 1 is 1.10 bits per heavy atom.